The molecule has 0 aliphatic carbocycles. The average Bonchev–Trinajstić information content (AvgIpc) is 2.77. The smallest absolute Gasteiger partial charge is 0.252 e. The zero-order valence-electron chi connectivity index (χ0n) is 20.0. The predicted octanol–water partition coefficient (Wildman–Crippen LogP) is 0.524. The first kappa shape index (κ1) is 28.7. The Balaban J connectivity index is 2.48. The fourth-order valence-corrected chi connectivity index (χ4v) is 2.81. The molecule has 1 rings (SSSR count). The highest BCUT2D eigenvalue weighted by molar-refractivity contribution is 5.89. The molecule has 0 unspecified atom stereocenters. The van der Waals surface area contributed by atoms with Gasteiger partial charge in [-0.1, -0.05) is 63.3 Å². The van der Waals surface area contributed by atoms with Crippen LogP contribution < -0.4 is 10.6 Å². The number of rotatable bonds is 13. The largest absolute Gasteiger partial charge is 0.387 e. The zero-order valence-corrected chi connectivity index (χ0v) is 20.0. The second-order valence-corrected chi connectivity index (χ2v) is 8.91. The normalized spacial score (nSPS) is 16.6. The van der Waals surface area contributed by atoms with Crippen LogP contribution in [-0.2, 0) is 25.7 Å². The molecule has 0 saturated heterocycles. The molecular formula is C24H38N2O7. The molecule has 0 radical (unpaired) electrons. The zero-order chi connectivity index (χ0) is 25.0. The van der Waals surface area contributed by atoms with Crippen LogP contribution in [0.4, 0.5) is 0 Å². The number of methoxy groups -OCH3 is 1. The van der Waals surface area contributed by atoms with Crippen molar-refractivity contribution < 1.29 is 34.4 Å². The van der Waals surface area contributed by atoms with Crippen molar-refractivity contribution in [3.63, 3.8) is 0 Å². The van der Waals surface area contributed by atoms with Crippen LogP contribution in [0.1, 0.15) is 33.3 Å². The lowest BCUT2D eigenvalue weighted by molar-refractivity contribution is -0.150. The van der Waals surface area contributed by atoms with Crippen LogP contribution in [0.25, 0.3) is 0 Å². The number of hydrogen-bond donors (Lipinski definition) is 5. The lowest BCUT2D eigenvalue weighted by atomic mass is 9.94. The van der Waals surface area contributed by atoms with E-state index in [4.69, 9.17) is 9.47 Å². The molecule has 9 nitrogen and oxygen atoms in total. The van der Waals surface area contributed by atoms with E-state index in [-0.39, 0.29) is 12.0 Å². The first-order valence-corrected chi connectivity index (χ1v) is 10.9. The number of benzene rings is 1. The second kappa shape index (κ2) is 14.1. The summed E-state index contributed by atoms with van der Waals surface area (Å²) >= 11 is 0. The van der Waals surface area contributed by atoms with E-state index >= 15 is 0 Å². The highest BCUT2D eigenvalue weighted by Gasteiger charge is 2.36. The third-order valence-corrected chi connectivity index (χ3v) is 4.72. The molecule has 5 atom stereocenters. The lowest BCUT2D eigenvalue weighted by Gasteiger charge is -2.28. The van der Waals surface area contributed by atoms with Crippen molar-refractivity contribution >= 4 is 11.8 Å². The van der Waals surface area contributed by atoms with E-state index in [1.54, 1.807) is 6.08 Å². The fraction of sp³-hybridized carbons (Fsp3) is 0.583. The second-order valence-electron chi connectivity index (χ2n) is 8.91. The van der Waals surface area contributed by atoms with Gasteiger partial charge in [0.05, 0.1) is 13.2 Å². The minimum Gasteiger partial charge on any atom is -0.387 e. The number of amides is 2. The first-order chi connectivity index (χ1) is 15.5. The van der Waals surface area contributed by atoms with Crippen molar-refractivity contribution in [2.24, 2.45) is 5.41 Å². The van der Waals surface area contributed by atoms with E-state index in [1.165, 1.54) is 20.1 Å². The van der Waals surface area contributed by atoms with Gasteiger partial charge in [-0.3, -0.25) is 9.59 Å². The molecule has 0 aliphatic heterocycles. The topological polar surface area (TPSA) is 137 Å². The number of carbonyl (C=O) groups excluding carboxylic acids is 2. The SMILES string of the molecule is CO[C@@H](C(=O)N[C@@H](C)C(=O)NCCOCc1ccccc1)[C@H](O)[C@@H](O)[C@H](O)C=CC(C)(C)C. The summed E-state index contributed by atoms with van der Waals surface area (Å²) in [7, 11) is 1.19. The molecular weight excluding hydrogens is 428 g/mol. The van der Waals surface area contributed by atoms with E-state index in [0.717, 1.165) is 5.56 Å². The van der Waals surface area contributed by atoms with Gasteiger partial charge in [0.1, 0.15) is 24.4 Å². The summed E-state index contributed by atoms with van der Waals surface area (Å²) in [5.74, 6) is -1.23. The first-order valence-electron chi connectivity index (χ1n) is 10.9. The van der Waals surface area contributed by atoms with E-state index < -0.39 is 42.3 Å². The summed E-state index contributed by atoms with van der Waals surface area (Å²) in [6.07, 6.45) is -3.22. The Kier molecular flexibility index (Phi) is 12.2. The van der Waals surface area contributed by atoms with Crippen LogP contribution in [-0.4, -0.2) is 77.9 Å². The Bertz CT molecular complexity index is 749. The number of carbonyl (C=O) groups is 2. The Morgan fingerprint density at radius 1 is 1.06 bits per heavy atom. The summed E-state index contributed by atoms with van der Waals surface area (Å²) in [6.45, 7) is 8.19. The van der Waals surface area contributed by atoms with E-state index in [0.29, 0.717) is 13.2 Å². The summed E-state index contributed by atoms with van der Waals surface area (Å²) in [4.78, 5) is 24.7. The minimum atomic E-state index is -1.71. The van der Waals surface area contributed by atoms with E-state index in [2.05, 4.69) is 10.6 Å². The molecule has 9 heteroatoms. The standard InChI is InChI=1S/C24H38N2O7/c1-16(22(30)25-13-14-33-15-17-9-7-6-8-10-17)26-23(31)21(32-5)20(29)19(28)18(27)11-12-24(2,3)4/h6-12,16,18-21,27-29H,13-15H2,1-5H3,(H,25,30)(H,26,31)/t16-,18+,19-,20+,21+/m0/s1. The third-order valence-electron chi connectivity index (χ3n) is 4.72. The number of aliphatic hydroxyl groups is 3. The van der Waals surface area contributed by atoms with Crippen molar-refractivity contribution in [3.8, 4) is 0 Å². The Morgan fingerprint density at radius 3 is 2.27 bits per heavy atom. The number of allylic oxidation sites excluding steroid dienone is 1. The summed E-state index contributed by atoms with van der Waals surface area (Å²) in [5, 5.41) is 35.8. The quantitative estimate of drug-likeness (QED) is 0.211. The van der Waals surface area contributed by atoms with Crippen molar-refractivity contribution in [1.82, 2.24) is 10.6 Å². The van der Waals surface area contributed by atoms with Gasteiger partial charge >= 0.3 is 0 Å². The maximum absolute atomic E-state index is 12.5. The molecule has 0 aromatic heterocycles. The highest BCUT2D eigenvalue weighted by atomic mass is 16.5. The van der Waals surface area contributed by atoms with Crippen molar-refractivity contribution in [2.75, 3.05) is 20.3 Å². The van der Waals surface area contributed by atoms with Gasteiger partial charge in [0, 0.05) is 13.7 Å². The highest BCUT2D eigenvalue weighted by Crippen LogP contribution is 2.17. The van der Waals surface area contributed by atoms with Crippen molar-refractivity contribution in [2.45, 2.75) is 64.8 Å². The van der Waals surface area contributed by atoms with Gasteiger partial charge in [-0.05, 0) is 17.9 Å². The number of aliphatic hydroxyl groups excluding tert-OH is 3. The summed E-state index contributed by atoms with van der Waals surface area (Å²) < 4.78 is 10.5. The van der Waals surface area contributed by atoms with Gasteiger partial charge in [0.2, 0.25) is 5.91 Å². The average molecular weight is 467 g/mol. The van der Waals surface area contributed by atoms with Crippen molar-refractivity contribution in [1.29, 1.82) is 0 Å². The number of ether oxygens (including phenoxy) is 2. The molecule has 2 amide bonds. The van der Waals surface area contributed by atoms with E-state index in [1.807, 2.05) is 51.1 Å². The molecule has 0 aliphatic rings. The van der Waals surface area contributed by atoms with Gasteiger partial charge in [-0.25, -0.2) is 0 Å². The monoisotopic (exact) mass is 466 g/mol. The van der Waals surface area contributed by atoms with Crippen molar-refractivity contribution in [3.05, 3.63) is 48.0 Å². The molecule has 186 valence electrons. The van der Waals surface area contributed by atoms with Gasteiger partial charge in [-0.2, -0.15) is 0 Å². The molecule has 0 heterocycles. The van der Waals surface area contributed by atoms with Crippen LogP contribution in [0.15, 0.2) is 42.5 Å². The molecule has 1 aromatic rings. The predicted molar refractivity (Wildman–Crippen MR) is 124 cm³/mol. The Morgan fingerprint density at radius 2 is 1.70 bits per heavy atom. The van der Waals surface area contributed by atoms with Crippen LogP contribution in [0.2, 0.25) is 0 Å². The Labute approximate surface area is 195 Å². The van der Waals surface area contributed by atoms with Gasteiger partial charge in [-0.15, -0.1) is 0 Å². The van der Waals surface area contributed by atoms with Gasteiger partial charge in [0.15, 0.2) is 6.10 Å². The molecule has 5 N–H and O–H groups in total. The molecule has 0 bridgehead atoms. The minimum absolute atomic E-state index is 0.237. The number of hydrogen-bond acceptors (Lipinski definition) is 7. The maximum atomic E-state index is 12.5. The van der Waals surface area contributed by atoms with Crippen LogP contribution in [0.3, 0.4) is 0 Å². The lowest BCUT2D eigenvalue weighted by Crippen LogP contribution is -2.55. The fourth-order valence-electron chi connectivity index (χ4n) is 2.81. The van der Waals surface area contributed by atoms with E-state index in [9.17, 15) is 24.9 Å². The van der Waals surface area contributed by atoms with Gasteiger partial charge in [0.25, 0.3) is 5.91 Å². The summed E-state index contributed by atoms with van der Waals surface area (Å²) in [5.41, 5.74) is 0.786. The molecule has 0 fully saturated rings. The van der Waals surface area contributed by atoms with Crippen LogP contribution in [0, 0.1) is 5.41 Å². The Hall–Kier alpha value is -2.30. The molecule has 33 heavy (non-hydrogen) atoms. The molecule has 0 saturated carbocycles. The molecule has 1 aromatic carbocycles. The van der Waals surface area contributed by atoms with Crippen LogP contribution >= 0.6 is 0 Å². The molecule has 0 spiro atoms. The summed E-state index contributed by atoms with van der Waals surface area (Å²) in [6, 6.07) is 8.70. The third kappa shape index (κ3) is 10.9. The van der Waals surface area contributed by atoms with Crippen LogP contribution in [0.5, 0.6) is 0 Å². The number of nitrogens with one attached hydrogen (secondary N) is 2. The van der Waals surface area contributed by atoms with Gasteiger partial charge < -0.3 is 35.4 Å². The maximum Gasteiger partial charge on any atom is 0.252 e.